The first-order chi connectivity index (χ1) is 14.2. The number of aromatic amines is 1. The van der Waals surface area contributed by atoms with E-state index in [1.54, 1.807) is 7.11 Å². The molecule has 9 nitrogen and oxygen atoms in total. The third kappa shape index (κ3) is 4.91. The van der Waals surface area contributed by atoms with Crippen LogP contribution < -0.4 is 10.1 Å². The van der Waals surface area contributed by atoms with Crippen molar-refractivity contribution < 1.29 is 4.74 Å². The Morgan fingerprint density at radius 3 is 2.80 bits per heavy atom. The third-order valence-electron chi connectivity index (χ3n) is 5.19. The van der Waals surface area contributed by atoms with Crippen molar-refractivity contribution in [3.05, 3.63) is 48.0 Å². The first-order valence-electron chi connectivity index (χ1n) is 9.66. The number of aliphatic imine (C=N–C) groups is 1. The van der Waals surface area contributed by atoms with Gasteiger partial charge in [0.15, 0.2) is 11.8 Å². The summed E-state index contributed by atoms with van der Waals surface area (Å²) in [5, 5.41) is 15.0. The smallest absolute Gasteiger partial charge is 0.194 e. The van der Waals surface area contributed by atoms with Gasteiger partial charge in [0.2, 0.25) is 0 Å². The molecule has 30 heavy (non-hydrogen) atoms. The van der Waals surface area contributed by atoms with Gasteiger partial charge in [0.05, 0.1) is 19.9 Å². The van der Waals surface area contributed by atoms with Gasteiger partial charge < -0.3 is 15.0 Å². The lowest BCUT2D eigenvalue weighted by molar-refractivity contribution is 0.415. The van der Waals surface area contributed by atoms with Crippen LogP contribution in [-0.4, -0.2) is 63.1 Å². The molecule has 160 valence electrons. The Morgan fingerprint density at radius 1 is 1.33 bits per heavy atom. The minimum Gasteiger partial charge on any atom is -0.497 e. The van der Waals surface area contributed by atoms with Gasteiger partial charge in [-0.05, 0) is 36.2 Å². The van der Waals surface area contributed by atoms with Gasteiger partial charge in [0.25, 0.3) is 0 Å². The molecule has 0 aliphatic carbocycles. The fourth-order valence-electron chi connectivity index (χ4n) is 3.61. The van der Waals surface area contributed by atoms with Crippen molar-refractivity contribution in [1.82, 2.24) is 35.2 Å². The molecule has 1 atom stereocenters. The molecule has 1 aromatic carbocycles. The molecule has 0 saturated carbocycles. The van der Waals surface area contributed by atoms with E-state index in [-0.39, 0.29) is 24.0 Å². The highest BCUT2D eigenvalue weighted by Gasteiger charge is 2.27. The van der Waals surface area contributed by atoms with E-state index in [1.807, 2.05) is 49.2 Å². The lowest BCUT2D eigenvalue weighted by Gasteiger charge is -2.21. The number of guanidine groups is 1. The van der Waals surface area contributed by atoms with Crippen LogP contribution in [0.4, 0.5) is 0 Å². The highest BCUT2D eigenvalue weighted by molar-refractivity contribution is 14.0. The number of aryl methyl sites for hydroxylation is 1. The van der Waals surface area contributed by atoms with Gasteiger partial charge in [-0.15, -0.1) is 24.0 Å². The number of nitrogens with one attached hydrogen (secondary N) is 2. The van der Waals surface area contributed by atoms with Crippen molar-refractivity contribution in [2.45, 2.75) is 18.9 Å². The number of likely N-dealkylation sites (tertiary alicyclic amines) is 1. The minimum absolute atomic E-state index is 0. The second-order valence-electron chi connectivity index (χ2n) is 7.11. The van der Waals surface area contributed by atoms with Crippen LogP contribution in [0.5, 0.6) is 5.75 Å². The molecule has 4 rings (SSSR count). The predicted octanol–water partition coefficient (Wildman–Crippen LogP) is 2.40. The Hall–Kier alpha value is -2.63. The third-order valence-corrected chi connectivity index (χ3v) is 5.19. The van der Waals surface area contributed by atoms with Crippen LogP contribution in [0.1, 0.15) is 23.7 Å². The maximum absolute atomic E-state index is 5.19. The largest absolute Gasteiger partial charge is 0.497 e. The Morgan fingerprint density at radius 2 is 2.13 bits per heavy atom. The van der Waals surface area contributed by atoms with Crippen LogP contribution in [-0.2, 0) is 13.6 Å². The van der Waals surface area contributed by atoms with Crippen molar-refractivity contribution in [3.63, 3.8) is 0 Å². The molecule has 0 spiro atoms. The Bertz CT molecular complexity index is 981. The molecule has 3 heterocycles. The van der Waals surface area contributed by atoms with E-state index in [4.69, 9.17) is 4.74 Å². The van der Waals surface area contributed by atoms with Crippen molar-refractivity contribution in [1.29, 1.82) is 0 Å². The molecule has 0 bridgehead atoms. The first-order valence-corrected chi connectivity index (χ1v) is 9.66. The molecule has 0 amide bonds. The summed E-state index contributed by atoms with van der Waals surface area (Å²) in [5.41, 5.74) is 2.22. The Kier molecular flexibility index (Phi) is 7.29. The Balaban J connectivity index is 0.00000256. The number of halogens is 1. The monoisotopic (exact) mass is 522 g/mol. The number of aromatic nitrogens is 5. The normalized spacial score (nSPS) is 16.4. The predicted molar refractivity (Wildman–Crippen MR) is 126 cm³/mol. The standard InChI is InChI=1S/C20H26N8O.HI/c1-21-20(28-9-8-15(13-28)16-10-23-27(2)12-16)22-11-18-24-19(26-25-18)14-4-6-17(29-3)7-5-14;/h4-7,10,12,15H,8-9,11,13H2,1-3H3,(H,21,22)(H,24,25,26);1H. The summed E-state index contributed by atoms with van der Waals surface area (Å²) in [6.45, 7) is 2.43. The number of H-pyrrole nitrogens is 1. The maximum Gasteiger partial charge on any atom is 0.194 e. The van der Waals surface area contributed by atoms with Gasteiger partial charge in [-0.2, -0.15) is 10.2 Å². The average molecular weight is 522 g/mol. The van der Waals surface area contributed by atoms with Crippen molar-refractivity contribution in [2.75, 3.05) is 27.2 Å². The van der Waals surface area contributed by atoms with Crippen LogP contribution in [0.3, 0.4) is 0 Å². The number of hydrogen-bond acceptors (Lipinski definition) is 5. The van der Waals surface area contributed by atoms with Crippen LogP contribution in [0, 0.1) is 0 Å². The van der Waals surface area contributed by atoms with Crippen molar-refractivity contribution >= 4 is 29.9 Å². The lowest BCUT2D eigenvalue weighted by Crippen LogP contribution is -2.39. The van der Waals surface area contributed by atoms with Crippen LogP contribution in [0.25, 0.3) is 11.4 Å². The van der Waals surface area contributed by atoms with E-state index in [2.05, 4.69) is 41.7 Å². The van der Waals surface area contributed by atoms with Gasteiger partial charge in [0, 0.05) is 44.9 Å². The van der Waals surface area contributed by atoms with Gasteiger partial charge in [0.1, 0.15) is 11.6 Å². The summed E-state index contributed by atoms with van der Waals surface area (Å²) in [6.07, 6.45) is 5.15. The highest BCUT2D eigenvalue weighted by Crippen LogP contribution is 2.26. The summed E-state index contributed by atoms with van der Waals surface area (Å²) in [4.78, 5) is 11.3. The van der Waals surface area contributed by atoms with Gasteiger partial charge in [-0.25, -0.2) is 4.98 Å². The molecule has 1 fully saturated rings. The number of methoxy groups -OCH3 is 1. The number of nitrogens with zero attached hydrogens (tertiary/aromatic N) is 6. The number of rotatable bonds is 5. The second kappa shape index (κ2) is 9.92. The molecule has 0 radical (unpaired) electrons. The molecule has 10 heteroatoms. The maximum atomic E-state index is 5.19. The molecule has 1 aliphatic rings. The summed E-state index contributed by atoms with van der Waals surface area (Å²) < 4.78 is 7.05. The molecule has 3 aromatic rings. The zero-order valence-corrected chi connectivity index (χ0v) is 19.7. The summed E-state index contributed by atoms with van der Waals surface area (Å²) in [5.74, 6) is 3.59. The fourth-order valence-corrected chi connectivity index (χ4v) is 3.61. The quantitative estimate of drug-likeness (QED) is 0.304. The van der Waals surface area contributed by atoms with Gasteiger partial charge >= 0.3 is 0 Å². The van der Waals surface area contributed by atoms with E-state index in [0.29, 0.717) is 18.3 Å². The molecule has 1 aliphatic heterocycles. The van der Waals surface area contributed by atoms with Gasteiger partial charge in [-0.1, -0.05) is 0 Å². The summed E-state index contributed by atoms with van der Waals surface area (Å²) in [7, 11) is 5.41. The van der Waals surface area contributed by atoms with E-state index >= 15 is 0 Å². The van der Waals surface area contributed by atoms with Crippen molar-refractivity contribution in [3.8, 4) is 17.1 Å². The van der Waals surface area contributed by atoms with Crippen LogP contribution in [0.15, 0.2) is 41.7 Å². The molecule has 1 saturated heterocycles. The SMILES string of the molecule is CN=C(NCc1nc(-c2ccc(OC)cc2)n[nH]1)N1CCC(c2cnn(C)c2)C1.I. The number of ether oxygens (including phenoxy) is 1. The van der Waals surface area contributed by atoms with Crippen LogP contribution in [0.2, 0.25) is 0 Å². The minimum atomic E-state index is 0. The first kappa shape index (κ1) is 22.1. The summed E-state index contributed by atoms with van der Waals surface area (Å²) >= 11 is 0. The molecule has 2 aromatic heterocycles. The number of hydrogen-bond donors (Lipinski definition) is 2. The molecular weight excluding hydrogens is 495 g/mol. The molecule has 1 unspecified atom stereocenters. The van der Waals surface area contributed by atoms with Crippen LogP contribution >= 0.6 is 24.0 Å². The van der Waals surface area contributed by atoms with E-state index in [0.717, 1.165) is 42.6 Å². The average Bonchev–Trinajstić information content (AvgIpc) is 3.49. The van der Waals surface area contributed by atoms with Crippen molar-refractivity contribution in [2.24, 2.45) is 12.0 Å². The highest BCUT2D eigenvalue weighted by atomic mass is 127. The van der Waals surface area contributed by atoms with E-state index < -0.39 is 0 Å². The second-order valence-corrected chi connectivity index (χ2v) is 7.11. The number of benzene rings is 1. The zero-order chi connectivity index (χ0) is 20.2. The molecule has 2 N–H and O–H groups in total. The fraction of sp³-hybridized carbons (Fsp3) is 0.400. The van der Waals surface area contributed by atoms with E-state index in [1.165, 1.54) is 5.56 Å². The summed E-state index contributed by atoms with van der Waals surface area (Å²) in [6, 6.07) is 7.69. The van der Waals surface area contributed by atoms with E-state index in [9.17, 15) is 0 Å². The zero-order valence-electron chi connectivity index (χ0n) is 17.4. The van der Waals surface area contributed by atoms with Gasteiger partial charge in [-0.3, -0.25) is 14.8 Å². The Labute approximate surface area is 193 Å². The molecular formula is C20H27IN8O. The lowest BCUT2D eigenvalue weighted by atomic mass is 10.0. The topological polar surface area (TPSA) is 96.2 Å².